The summed E-state index contributed by atoms with van der Waals surface area (Å²) < 4.78 is 0. The standard InChI is InChI=1S/C6H9N/c1-5-2-6(1,5)4-7-3-5/h7H,1-4H2. The molecule has 1 N–H and O–H groups in total. The Hall–Kier alpha value is -0.0400. The van der Waals surface area contributed by atoms with Crippen molar-refractivity contribution in [2.45, 2.75) is 12.8 Å². The Morgan fingerprint density at radius 1 is 1.00 bits per heavy atom. The van der Waals surface area contributed by atoms with Crippen LogP contribution in [-0.2, 0) is 0 Å². The second kappa shape index (κ2) is 0.510. The molecule has 7 heavy (non-hydrogen) atoms. The van der Waals surface area contributed by atoms with Gasteiger partial charge in [-0.15, -0.1) is 0 Å². The fourth-order valence-corrected chi connectivity index (χ4v) is 2.32. The lowest BCUT2D eigenvalue weighted by molar-refractivity contribution is 0.498. The Morgan fingerprint density at radius 2 is 1.57 bits per heavy atom. The second-order valence-corrected chi connectivity index (χ2v) is 3.52. The molecule has 0 amide bonds. The molecule has 3 rings (SSSR count). The molecular formula is C6H9N. The summed E-state index contributed by atoms with van der Waals surface area (Å²) in [6, 6.07) is 0. The molecule has 3 fully saturated rings. The minimum absolute atomic E-state index is 0.896. The molecule has 1 aliphatic heterocycles. The monoisotopic (exact) mass is 95.1 g/mol. The molecule has 2 aliphatic carbocycles. The highest BCUT2D eigenvalue weighted by atomic mass is 15.1. The average Bonchev–Trinajstić information content (AvgIpc) is 2.26. The topological polar surface area (TPSA) is 12.0 Å². The number of nitrogens with one attached hydrogen (secondary N) is 1. The Labute approximate surface area is 43.1 Å². The van der Waals surface area contributed by atoms with Crippen LogP contribution in [0, 0.1) is 10.8 Å². The summed E-state index contributed by atoms with van der Waals surface area (Å²) in [7, 11) is 0. The smallest absolute Gasteiger partial charge is 0.00143 e. The molecule has 38 valence electrons. The molecule has 0 aromatic heterocycles. The van der Waals surface area contributed by atoms with Crippen molar-refractivity contribution in [2.24, 2.45) is 10.8 Å². The second-order valence-electron chi connectivity index (χ2n) is 3.52. The van der Waals surface area contributed by atoms with Crippen molar-refractivity contribution < 1.29 is 0 Å². The van der Waals surface area contributed by atoms with Crippen LogP contribution in [0.3, 0.4) is 0 Å². The third-order valence-corrected chi connectivity index (χ3v) is 3.16. The summed E-state index contributed by atoms with van der Waals surface area (Å²) in [6.07, 6.45) is 3.12. The van der Waals surface area contributed by atoms with Gasteiger partial charge >= 0.3 is 0 Å². The van der Waals surface area contributed by atoms with E-state index in [1.807, 2.05) is 0 Å². The van der Waals surface area contributed by atoms with Gasteiger partial charge in [0.05, 0.1) is 0 Å². The Balaban J connectivity index is 2.15. The maximum absolute atomic E-state index is 3.40. The fourth-order valence-electron chi connectivity index (χ4n) is 2.32. The van der Waals surface area contributed by atoms with Gasteiger partial charge in [-0.3, -0.25) is 0 Å². The van der Waals surface area contributed by atoms with Gasteiger partial charge in [0.25, 0.3) is 0 Å². The van der Waals surface area contributed by atoms with Gasteiger partial charge in [-0.25, -0.2) is 0 Å². The van der Waals surface area contributed by atoms with Crippen molar-refractivity contribution >= 4 is 0 Å². The molecule has 0 atom stereocenters. The van der Waals surface area contributed by atoms with Crippen molar-refractivity contribution in [2.75, 3.05) is 13.1 Å². The molecule has 0 radical (unpaired) electrons. The summed E-state index contributed by atoms with van der Waals surface area (Å²) in [5.74, 6) is 0. The molecular weight excluding hydrogens is 86.1 g/mol. The highest BCUT2D eigenvalue weighted by molar-refractivity contribution is 5.35. The molecule has 0 unspecified atom stereocenters. The maximum Gasteiger partial charge on any atom is 0.00143 e. The number of hydrogen-bond acceptors (Lipinski definition) is 1. The van der Waals surface area contributed by atoms with Gasteiger partial charge in [0.1, 0.15) is 0 Å². The summed E-state index contributed by atoms with van der Waals surface area (Å²) in [5.41, 5.74) is 1.79. The third kappa shape index (κ3) is 0.150. The van der Waals surface area contributed by atoms with Gasteiger partial charge in [0.15, 0.2) is 0 Å². The van der Waals surface area contributed by atoms with Crippen LogP contribution in [0.25, 0.3) is 0 Å². The minimum Gasteiger partial charge on any atom is -0.316 e. The van der Waals surface area contributed by atoms with Gasteiger partial charge in [0, 0.05) is 13.1 Å². The SMILES string of the molecule is C1NCC23CC12C3. The van der Waals surface area contributed by atoms with E-state index in [-0.39, 0.29) is 0 Å². The first-order valence-electron chi connectivity index (χ1n) is 3.08. The quantitative estimate of drug-likeness (QED) is 0.458. The molecule has 2 saturated carbocycles. The zero-order valence-electron chi connectivity index (χ0n) is 4.33. The number of rotatable bonds is 0. The molecule has 0 spiro atoms. The summed E-state index contributed by atoms with van der Waals surface area (Å²) in [6.45, 7) is 2.68. The lowest BCUT2D eigenvalue weighted by Gasteiger charge is -2.06. The largest absolute Gasteiger partial charge is 0.316 e. The van der Waals surface area contributed by atoms with Crippen molar-refractivity contribution in [1.82, 2.24) is 5.32 Å². The predicted molar refractivity (Wildman–Crippen MR) is 27.0 cm³/mol. The van der Waals surface area contributed by atoms with Crippen LogP contribution in [0.4, 0.5) is 0 Å². The van der Waals surface area contributed by atoms with Crippen LogP contribution in [-0.4, -0.2) is 13.1 Å². The fraction of sp³-hybridized carbons (Fsp3) is 1.00. The molecule has 1 heteroatoms. The number of piperidine rings is 2. The van der Waals surface area contributed by atoms with Gasteiger partial charge in [0.2, 0.25) is 0 Å². The lowest BCUT2D eigenvalue weighted by Crippen LogP contribution is -2.20. The van der Waals surface area contributed by atoms with E-state index in [1.165, 1.54) is 13.1 Å². The van der Waals surface area contributed by atoms with Crippen molar-refractivity contribution in [1.29, 1.82) is 0 Å². The van der Waals surface area contributed by atoms with E-state index in [4.69, 9.17) is 0 Å². The lowest BCUT2D eigenvalue weighted by atomic mass is 10.1. The molecule has 0 aromatic rings. The van der Waals surface area contributed by atoms with Crippen molar-refractivity contribution in [3.05, 3.63) is 0 Å². The predicted octanol–water partition coefficient (Wildman–Crippen LogP) is 0.370. The van der Waals surface area contributed by atoms with E-state index >= 15 is 0 Å². The molecule has 1 heterocycles. The van der Waals surface area contributed by atoms with E-state index in [0.29, 0.717) is 0 Å². The minimum atomic E-state index is 0.896. The van der Waals surface area contributed by atoms with Crippen LogP contribution in [0.15, 0.2) is 0 Å². The van der Waals surface area contributed by atoms with Gasteiger partial charge in [-0.2, -0.15) is 0 Å². The first-order valence-corrected chi connectivity index (χ1v) is 3.08. The molecule has 1 saturated heterocycles. The summed E-state index contributed by atoms with van der Waals surface area (Å²) in [5, 5.41) is 3.40. The van der Waals surface area contributed by atoms with Crippen molar-refractivity contribution in [3.8, 4) is 0 Å². The van der Waals surface area contributed by atoms with E-state index in [0.717, 1.165) is 10.8 Å². The highest BCUT2D eigenvalue weighted by Gasteiger charge is 2.84. The zero-order valence-corrected chi connectivity index (χ0v) is 4.33. The first-order chi connectivity index (χ1) is 3.37. The van der Waals surface area contributed by atoms with Crippen LogP contribution < -0.4 is 5.32 Å². The van der Waals surface area contributed by atoms with Gasteiger partial charge in [-0.05, 0) is 23.7 Å². The van der Waals surface area contributed by atoms with Crippen molar-refractivity contribution in [3.63, 3.8) is 0 Å². The normalized spacial score (nSPS) is 72.0. The first kappa shape index (κ1) is 3.08. The maximum atomic E-state index is 3.40. The third-order valence-electron chi connectivity index (χ3n) is 3.16. The van der Waals surface area contributed by atoms with E-state index in [2.05, 4.69) is 5.32 Å². The Bertz CT molecular complexity index is 119. The van der Waals surface area contributed by atoms with Crippen LogP contribution in [0.5, 0.6) is 0 Å². The summed E-state index contributed by atoms with van der Waals surface area (Å²) in [4.78, 5) is 0. The number of hydrogen-bond donors (Lipinski definition) is 1. The van der Waals surface area contributed by atoms with E-state index < -0.39 is 0 Å². The Morgan fingerprint density at radius 3 is 1.71 bits per heavy atom. The van der Waals surface area contributed by atoms with E-state index in [9.17, 15) is 0 Å². The Kier molecular flexibility index (Phi) is 0.224. The average molecular weight is 95.1 g/mol. The summed E-state index contributed by atoms with van der Waals surface area (Å²) >= 11 is 0. The zero-order chi connectivity index (χ0) is 4.54. The molecule has 0 bridgehead atoms. The van der Waals surface area contributed by atoms with Crippen LogP contribution in [0.2, 0.25) is 0 Å². The van der Waals surface area contributed by atoms with E-state index in [1.54, 1.807) is 12.8 Å². The van der Waals surface area contributed by atoms with Crippen LogP contribution >= 0.6 is 0 Å². The highest BCUT2D eigenvalue weighted by Crippen LogP contribution is 2.87. The van der Waals surface area contributed by atoms with Crippen LogP contribution in [0.1, 0.15) is 12.8 Å². The molecule has 0 aromatic carbocycles. The van der Waals surface area contributed by atoms with Gasteiger partial charge < -0.3 is 5.32 Å². The molecule has 1 nitrogen and oxygen atoms in total. The molecule has 3 aliphatic rings. The van der Waals surface area contributed by atoms with Gasteiger partial charge in [-0.1, -0.05) is 0 Å².